The summed E-state index contributed by atoms with van der Waals surface area (Å²) in [5.74, 6) is 0.283. The molecule has 0 spiro atoms. The van der Waals surface area contributed by atoms with Gasteiger partial charge in [-0.3, -0.25) is 0 Å². The fourth-order valence-corrected chi connectivity index (χ4v) is 1.93. The van der Waals surface area contributed by atoms with Gasteiger partial charge >= 0.3 is 5.97 Å². The quantitative estimate of drug-likeness (QED) is 0.679. The van der Waals surface area contributed by atoms with Crippen molar-refractivity contribution < 1.29 is 9.90 Å². The van der Waals surface area contributed by atoms with Gasteiger partial charge in [-0.15, -0.1) is 0 Å². The van der Waals surface area contributed by atoms with Gasteiger partial charge in [0.25, 0.3) is 0 Å². The van der Waals surface area contributed by atoms with Crippen molar-refractivity contribution >= 4 is 28.8 Å². The molecular weight excluding hydrogens is 256 g/mol. The summed E-state index contributed by atoms with van der Waals surface area (Å²) >= 11 is 0. The summed E-state index contributed by atoms with van der Waals surface area (Å²) in [5, 5.41) is 12.0. The maximum absolute atomic E-state index is 10.9. The number of carboxylic acids is 1. The van der Waals surface area contributed by atoms with Crippen LogP contribution in [0.3, 0.4) is 0 Å². The number of H-pyrrole nitrogens is 1. The fraction of sp³-hybridized carbons (Fsp3) is 0.0714. The first kappa shape index (κ1) is 12.2. The van der Waals surface area contributed by atoms with Crippen LogP contribution < -0.4 is 5.32 Å². The Morgan fingerprint density at radius 3 is 2.95 bits per heavy atom. The number of fused-ring (bicyclic) bond motifs is 1. The molecule has 0 fully saturated rings. The Balaban J connectivity index is 1.97. The predicted molar refractivity (Wildman–Crippen MR) is 75.3 cm³/mol. The molecule has 0 saturated heterocycles. The van der Waals surface area contributed by atoms with Gasteiger partial charge in [0.1, 0.15) is 5.82 Å². The van der Waals surface area contributed by atoms with Gasteiger partial charge in [0.15, 0.2) is 0 Å². The van der Waals surface area contributed by atoms with Crippen LogP contribution in [0.4, 0.5) is 11.8 Å². The van der Waals surface area contributed by atoms with E-state index in [4.69, 9.17) is 5.11 Å². The summed E-state index contributed by atoms with van der Waals surface area (Å²) in [5.41, 5.74) is 2.59. The minimum Gasteiger partial charge on any atom is -0.478 e. The number of rotatable bonds is 3. The lowest BCUT2D eigenvalue weighted by atomic mass is 10.2. The van der Waals surface area contributed by atoms with Crippen LogP contribution in [-0.4, -0.2) is 26.0 Å². The number of aromatic nitrogens is 3. The molecule has 0 aliphatic heterocycles. The zero-order valence-electron chi connectivity index (χ0n) is 10.7. The molecule has 0 aliphatic carbocycles. The molecule has 1 aromatic carbocycles. The second kappa shape index (κ2) is 4.65. The lowest BCUT2D eigenvalue weighted by Gasteiger charge is -2.03. The van der Waals surface area contributed by atoms with Gasteiger partial charge in [0.05, 0.1) is 16.6 Å². The number of hydrogen-bond acceptors (Lipinski definition) is 4. The summed E-state index contributed by atoms with van der Waals surface area (Å²) in [7, 11) is 0. The van der Waals surface area contributed by atoms with Gasteiger partial charge in [0.2, 0.25) is 5.95 Å². The summed E-state index contributed by atoms with van der Waals surface area (Å²) in [6.07, 6.45) is 1.69. The first-order chi connectivity index (χ1) is 9.63. The van der Waals surface area contributed by atoms with Crippen LogP contribution in [0.2, 0.25) is 0 Å². The predicted octanol–water partition coefficient (Wildman–Crippen LogP) is 2.71. The van der Waals surface area contributed by atoms with Crippen molar-refractivity contribution in [1.29, 1.82) is 0 Å². The molecule has 3 rings (SSSR count). The van der Waals surface area contributed by atoms with E-state index >= 15 is 0 Å². The molecule has 0 radical (unpaired) electrons. The van der Waals surface area contributed by atoms with E-state index in [2.05, 4.69) is 20.3 Å². The Bertz CT molecular complexity index is 795. The van der Waals surface area contributed by atoms with Crippen LogP contribution in [0.5, 0.6) is 0 Å². The Morgan fingerprint density at radius 2 is 2.20 bits per heavy atom. The Labute approximate surface area is 114 Å². The van der Waals surface area contributed by atoms with Gasteiger partial charge in [-0.1, -0.05) is 6.07 Å². The smallest absolute Gasteiger partial charge is 0.335 e. The third kappa shape index (κ3) is 2.18. The highest BCUT2D eigenvalue weighted by molar-refractivity contribution is 5.92. The molecule has 2 heterocycles. The average Bonchev–Trinajstić information content (AvgIpc) is 2.82. The number of nitrogens with zero attached hydrogens (tertiary/aromatic N) is 2. The van der Waals surface area contributed by atoms with Crippen molar-refractivity contribution in [3.05, 3.63) is 47.7 Å². The lowest BCUT2D eigenvalue weighted by molar-refractivity contribution is 0.0697. The Kier molecular flexibility index (Phi) is 2.83. The monoisotopic (exact) mass is 268 g/mol. The minimum atomic E-state index is -0.962. The van der Waals surface area contributed by atoms with E-state index in [1.54, 1.807) is 18.3 Å². The normalized spacial score (nSPS) is 10.7. The number of benzene rings is 1. The minimum absolute atomic E-state index is 0.224. The topological polar surface area (TPSA) is 90.9 Å². The maximum atomic E-state index is 10.9. The molecule has 2 aromatic heterocycles. The highest BCUT2D eigenvalue weighted by Gasteiger charge is 2.08. The van der Waals surface area contributed by atoms with E-state index in [1.165, 1.54) is 6.07 Å². The van der Waals surface area contributed by atoms with Crippen molar-refractivity contribution in [2.75, 3.05) is 5.32 Å². The second-order valence-electron chi connectivity index (χ2n) is 4.42. The first-order valence-corrected chi connectivity index (χ1v) is 6.05. The molecule has 6 heteroatoms. The van der Waals surface area contributed by atoms with Gasteiger partial charge in [0, 0.05) is 6.20 Å². The highest BCUT2D eigenvalue weighted by Crippen LogP contribution is 2.20. The number of anilines is 2. The van der Waals surface area contributed by atoms with E-state index in [0.717, 1.165) is 5.56 Å². The Morgan fingerprint density at radius 1 is 1.35 bits per heavy atom. The number of hydrogen-bond donors (Lipinski definition) is 3. The van der Waals surface area contributed by atoms with Crippen molar-refractivity contribution in [1.82, 2.24) is 15.0 Å². The number of pyridine rings is 1. The van der Waals surface area contributed by atoms with Crippen LogP contribution in [0.15, 0.2) is 36.5 Å². The van der Waals surface area contributed by atoms with Crippen LogP contribution in [0.25, 0.3) is 11.0 Å². The van der Waals surface area contributed by atoms with Gasteiger partial charge < -0.3 is 15.4 Å². The molecule has 0 unspecified atom stereocenters. The van der Waals surface area contributed by atoms with Crippen LogP contribution >= 0.6 is 0 Å². The summed E-state index contributed by atoms with van der Waals surface area (Å²) < 4.78 is 0. The van der Waals surface area contributed by atoms with Crippen molar-refractivity contribution in [3.63, 3.8) is 0 Å². The largest absolute Gasteiger partial charge is 0.478 e. The third-order valence-electron chi connectivity index (χ3n) is 2.98. The summed E-state index contributed by atoms with van der Waals surface area (Å²) in [6, 6.07) is 8.56. The molecule has 0 aliphatic rings. The third-order valence-corrected chi connectivity index (χ3v) is 2.98. The van der Waals surface area contributed by atoms with Crippen molar-refractivity contribution in [2.45, 2.75) is 6.92 Å². The zero-order valence-corrected chi connectivity index (χ0v) is 10.7. The number of aromatic carboxylic acids is 1. The molecule has 0 saturated carbocycles. The van der Waals surface area contributed by atoms with Crippen LogP contribution in [-0.2, 0) is 0 Å². The maximum Gasteiger partial charge on any atom is 0.335 e. The molecule has 0 atom stereocenters. The number of imidazole rings is 1. The fourth-order valence-electron chi connectivity index (χ4n) is 1.93. The number of aryl methyl sites for hydroxylation is 1. The zero-order chi connectivity index (χ0) is 14.1. The standard InChI is InChI=1S/C14H12N4O2/c1-8-3-2-6-15-12(8)18-14-16-10-5-4-9(13(19)20)7-11(10)17-14/h2-7H,1H3,(H,19,20)(H2,15,16,17,18). The lowest BCUT2D eigenvalue weighted by Crippen LogP contribution is -1.97. The Hall–Kier alpha value is -2.89. The van der Waals surface area contributed by atoms with Gasteiger partial charge in [-0.2, -0.15) is 0 Å². The molecule has 20 heavy (non-hydrogen) atoms. The summed E-state index contributed by atoms with van der Waals surface area (Å²) in [6.45, 7) is 1.94. The van der Waals surface area contributed by atoms with Gasteiger partial charge in [-0.05, 0) is 36.8 Å². The van der Waals surface area contributed by atoms with Gasteiger partial charge in [-0.25, -0.2) is 14.8 Å². The van der Waals surface area contributed by atoms with E-state index in [0.29, 0.717) is 22.8 Å². The van der Waals surface area contributed by atoms with Crippen molar-refractivity contribution in [2.24, 2.45) is 0 Å². The number of aromatic amines is 1. The molecule has 6 nitrogen and oxygen atoms in total. The molecule has 0 bridgehead atoms. The number of carboxylic acid groups (broad SMARTS) is 1. The van der Waals surface area contributed by atoms with Crippen LogP contribution in [0.1, 0.15) is 15.9 Å². The molecule has 3 aromatic rings. The van der Waals surface area contributed by atoms with E-state index in [1.807, 2.05) is 19.1 Å². The molecule has 3 N–H and O–H groups in total. The second-order valence-corrected chi connectivity index (χ2v) is 4.42. The van der Waals surface area contributed by atoms with Crippen LogP contribution in [0, 0.1) is 6.92 Å². The van der Waals surface area contributed by atoms with Crippen molar-refractivity contribution in [3.8, 4) is 0 Å². The van der Waals surface area contributed by atoms with E-state index in [9.17, 15) is 4.79 Å². The number of carbonyl (C=O) groups is 1. The van der Waals surface area contributed by atoms with E-state index in [-0.39, 0.29) is 5.56 Å². The highest BCUT2D eigenvalue weighted by atomic mass is 16.4. The summed E-state index contributed by atoms with van der Waals surface area (Å²) in [4.78, 5) is 22.5. The SMILES string of the molecule is Cc1cccnc1Nc1nc2ccc(C(=O)O)cc2[nH]1. The average molecular weight is 268 g/mol. The van der Waals surface area contributed by atoms with E-state index < -0.39 is 5.97 Å². The number of nitrogens with one attached hydrogen (secondary N) is 2. The first-order valence-electron chi connectivity index (χ1n) is 6.05. The molecule has 0 amide bonds. The molecular formula is C14H12N4O2. The molecule has 100 valence electrons.